The predicted octanol–water partition coefficient (Wildman–Crippen LogP) is 3.55. The number of aliphatic imine (C=N–C) groups is 1. The molecule has 0 saturated carbocycles. The first-order chi connectivity index (χ1) is 8.72. The van der Waals surface area contributed by atoms with Gasteiger partial charge in [0.25, 0.3) is 0 Å². The highest BCUT2D eigenvalue weighted by Gasteiger charge is 2.00. The highest BCUT2D eigenvalue weighted by Crippen LogP contribution is 2.00. The third-order valence-electron chi connectivity index (χ3n) is 2.51. The Morgan fingerprint density at radius 2 is 1.89 bits per heavy atom. The molecule has 0 radical (unpaired) electrons. The van der Waals surface area contributed by atoms with E-state index in [0.717, 1.165) is 19.0 Å². The van der Waals surface area contributed by atoms with Gasteiger partial charge in [0.2, 0.25) is 0 Å². The van der Waals surface area contributed by atoms with Crippen LogP contribution in [0.3, 0.4) is 0 Å². The monoisotopic (exact) mass is 375 g/mol. The zero-order valence-corrected chi connectivity index (χ0v) is 14.5. The number of guanidine groups is 1. The van der Waals surface area contributed by atoms with Crippen LogP contribution in [0.2, 0.25) is 0 Å². The van der Waals surface area contributed by atoms with E-state index in [-0.39, 0.29) is 24.0 Å². The van der Waals surface area contributed by atoms with Gasteiger partial charge in [-0.25, -0.2) is 4.99 Å². The van der Waals surface area contributed by atoms with Crippen molar-refractivity contribution in [2.24, 2.45) is 4.99 Å². The van der Waals surface area contributed by atoms with Gasteiger partial charge in [-0.2, -0.15) is 0 Å². The van der Waals surface area contributed by atoms with Crippen LogP contribution in [0.4, 0.5) is 0 Å². The summed E-state index contributed by atoms with van der Waals surface area (Å²) in [7, 11) is 0. The molecule has 0 fully saturated rings. The number of nitrogens with one attached hydrogen (secondary N) is 2. The third kappa shape index (κ3) is 8.86. The van der Waals surface area contributed by atoms with Crippen molar-refractivity contribution in [2.45, 2.75) is 46.2 Å². The molecule has 108 valence electrons. The van der Waals surface area contributed by atoms with Crippen LogP contribution in [0.25, 0.3) is 0 Å². The molecule has 0 aromatic heterocycles. The Bertz CT molecular complexity index is 350. The van der Waals surface area contributed by atoms with Crippen molar-refractivity contribution in [3.8, 4) is 0 Å². The van der Waals surface area contributed by atoms with Crippen LogP contribution in [0.1, 0.15) is 39.2 Å². The van der Waals surface area contributed by atoms with E-state index in [1.807, 2.05) is 18.2 Å². The molecule has 0 unspecified atom stereocenters. The predicted molar refractivity (Wildman–Crippen MR) is 94.2 cm³/mol. The van der Waals surface area contributed by atoms with Crippen molar-refractivity contribution >= 4 is 29.9 Å². The second-order valence-corrected chi connectivity index (χ2v) is 4.73. The highest BCUT2D eigenvalue weighted by atomic mass is 127. The van der Waals surface area contributed by atoms with E-state index in [0.29, 0.717) is 6.04 Å². The number of nitrogens with zero attached hydrogens (tertiary/aromatic N) is 1. The molecule has 0 atom stereocenters. The van der Waals surface area contributed by atoms with Crippen molar-refractivity contribution in [3.05, 3.63) is 35.9 Å². The molecule has 4 heteroatoms. The topological polar surface area (TPSA) is 36.4 Å². The molecule has 0 heterocycles. The fraction of sp³-hybridized carbons (Fsp3) is 0.533. The molecule has 0 spiro atoms. The van der Waals surface area contributed by atoms with Crippen molar-refractivity contribution in [1.29, 1.82) is 0 Å². The first-order valence-corrected chi connectivity index (χ1v) is 6.81. The van der Waals surface area contributed by atoms with Crippen LogP contribution in [0.15, 0.2) is 35.3 Å². The van der Waals surface area contributed by atoms with Crippen molar-refractivity contribution in [3.63, 3.8) is 0 Å². The number of unbranched alkanes of at least 4 members (excludes halogenated alkanes) is 1. The van der Waals surface area contributed by atoms with Gasteiger partial charge < -0.3 is 10.6 Å². The number of rotatable bonds is 6. The van der Waals surface area contributed by atoms with Gasteiger partial charge in [0.1, 0.15) is 0 Å². The van der Waals surface area contributed by atoms with Crippen LogP contribution in [0, 0.1) is 0 Å². The average Bonchev–Trinajstić information content (AvgIpc) is 2.37. The molecule has 0 saturated heterocycles. The molecule has 1 aromatic carbocycles. The van der Waals surface area contributed by atoms with Crippen molar-refractivity contribution in [1.82, 2.24) is 10.6 Å². The minimum atomic E-state index is 0. The molecular formula is C15H26IN3. The Hall–Kier alpha value is -0.780. The average molecular weight is 375 g/mol. The quantitative estimate of drug-likeness (QED) is 0.345. The summed E-state index contributed by atoms with van der Waals surface area (Å²) >= 11 is 0. The van der Waals surface area contributed by atoms with Gasteiger partial charge in [-0.05, 0) is 25.8 Å². The zero-order chi connectivity index (χ0) is 13.2. The van der Waals surface area contributed by atoms with E-state index in [2.05, 4.69) is 48.5 Å². The van der Waals surface area contributed by atoms with E-state index >= 15 is 0 Å². The van der Waals surface area contributed by atoms with E-state index in [9.17, 15) is 0 Å². The van der Waals surface area contributed by atoms with Gasteiger partial charge in [0.05, 0.1) is 6.54 Å². The van der Waals surface area contributed by atoms with Crippen LogP contribution < -0.4 is 10.6 Å². The molecule has 1 rings (SSSR count). The number of benzene rings is 1. The molecule has 0 amide bonds. The van der Waals surface area contributed by atoms with Crippen molar-refractivity contribution < 1.29 is 0 Å². The smallest absolute Gasteiger partial charge is 0.191 e. The zero-order valence-electron chi connectivity index (χ0n) is 12.1. The summed E-state index contributed by atoms with van der Waals surface area (Å²) in [6, 6.07) is 10.7. The second-order valence-electron chi connectivity index (χ2n) is 4.73. The van der Waals surface area contributed by atoms with Crippen LogP contribution in [-0.4, -0.2) is 18.5 Å². The SMILES string of the molecule is CCCCNC(=NCc1ccccc1)NC(C)C.I. The maximum Gasteiger partial charge on any atom is 0.191 e. The molecule has 0 aliphatic carbocycles. The number of halogens is 1. The highest BCUT2D eigenvalue weighted by molar-refractivity contribution is 14.0. The summed E-state index contributed by atoms with van der Waals surface area (Å²) in [6.07, 6.45) is 2.37. The summed E-state index contributed by atoms with van der Waals surface area (Å²) in [5.41, 5.74) is 1.23. The first kappa shape index (κ1) is 18.2. The second kappa shape index (κ2) is 11.1. The molecule has 3 nitrogen and oxygen atoms in total. The Labute approximate surface area is 134 Å². The van der Waals surface area contributed by atoms with Gasteiger partial charge in [-0.3, -0.25) is 0 Å². The summed E-state index contributed by atoms with van der Waals surface area (Å²) in [4.78, 5) is 4.60. The normalized spacial score (nSPS) is 11.1. The summed E-state index contributed by atoms with van der Waals surface area (Å²) in [6.45, 7) is 8.14. The lowest BCUT2D eigenvalue weighted by Crippen LogP contribution is -2.41. The number of hydrogen-bond donors (Lipinski definition) is 2. The van der Waals surface area contributed by atoms with Gasteiger partial charge in [-0.1, -0.05) is 43.7 Å². The minimum Gasteiger partial charge on any atom is -0.356 e. The largest absolute Gasteiger partial charge is 0.356 e. The number of hydrogen-bond acceptors (Lipinski definition) is 1. The van der Waals surface area contributed by atoms with E-state index in [4.69, 9.17) is 0 Å². The lowest BCUT2D eigenvalue weighted by atomic mass is 10.2. The molecule has 2 N–H and O–H groups in total. The Morgan fingerprint density at radius 1 is 1.21 bits per heavy atom. The summed E-state index contributed by atoms with van der Waals surface area (Å²) in [5, 5.41) is 6.71. The van der Waals surface area contributed by atoms with Gasteiger partial charge in [0.15, 0.2) is 5.96 Å². The first-order valence-electron chi connectivity index (χ1n) is 6.81. The molecule has 0 bridgehead atoms. The minimum absolute atomic E-state index is 0. The summed E-state index contributed by atoms with van der Waals surface area (Å²) < 4.78 is 0. The van der Waals surface area contributed by atoms with E-state index in [1.165, 1.54) is 18.4 Å². The Balaban J connectivity index is 0.00000324. The fourth-order valence-electron chi connectivity index (χ4n) is 1.56. The van der Waals surface area contributed by atoms with Gasteiger partial charge in [-0.15, -0.1) is 24.0 Å². The summed E-state index contributed by atoms with van der Waals surface area (Å²) in [5.74, 6) is 0.905. The van der Waals surface area contributed by atoms with Crippen LogP contribution >= 0.6 is 24.0 Å². The molecule has 0 aliphatic heterocycles. The molecule has 19 heavy (non-hydrogen) atoms. The lowest BCUT2D eigenvalue weighted by Gasteiger charge is -2.15. The van der Waals surface area contributed by atoms with Crippen LogP contribution in [0.5, 0.6) is 0 Å². The van der Waals surface area contributed by atoms with Gasteiger partial charge in [0, 0.05) is 12.6 Å². The maximum absolute atomic E-state index is 4.60. The van der Waals surface area contributed by atoms with Gasteiger partial charge >= 0.3 is 0 Å². The van der Waals surface area contributed by atoms with E-state index in [1.54, 1.807) is 0 Å². The fourth-order valence-corrected chi connectivity index (χ4v) is 1.56. The molecule has 1 aromatic rings. The Kier molecular flexibility index (Phi) is 10.6. The van der Waals surface area contributed by atoms with E-state index < -0.39 is 0 Å². The molecule has 0 aliphatic rings. The Morgan fingerprint density at radius 3 is 2.47 bits per heavy atom. The molecular weight excluding hydrogens is 349 g/mol. The standard InChI is InChI=1S/C15H25N3.HI/c1-4-5-11-16-15(18-13(2)3)17-12-14-9-7-6-8-10-14;/h6-10,13H,4-5,11-12H2,1-3H3,(H2,16,17,18);1H. The van der Waals surface area contributed by atoms with Crippen LogP contribution in [-0.2, 0) is 6.54 Å². The third-order valence-corrected chi connectivity index (χ3v) is 2.51. The maximum atomic E-state index is 4.60. The van der Waals surface area contributed by atoms with Crippen molar-refractivity contribution in [2.75, 3.05) is 6.54 Å². The lowest BCUT2D eigenvalue weighted by molar-refractivity contribution is 0.677.